The normalized spacial score (nSPS) is 10.7. The van der Waals surface area contributed by atoms with Gasteiger partial charge in [0.25, 0.3) is 11.8 Å². The number of hydrogen-bond donors (Lipinski definition) is 3. The summed E-state index contributed by atoms with van der Waals surface area (Å²) in [6.07, 6.45) is 0.739. The highest BCUT2D eigenvalue weighted by Gasteiger charge is 2.18. The number of para-hydroxylation sites is 2. The average Bonchev–Trinajstić information content (AvgIpc) is 3.12. The predicted octanol–water partition coefficient (Wildman–Crippen LogP) is 5.16. The molecule has 0 aliphatic carbocycles. The van der Waals surface area contributed by atoms with Gasteiger partial charge in [0.1, 0.15) is 5.69 Å². The minimum Gasteiger partial charge on any atom is -0.352 e. The Labute approximate surface area is 182 Å². The lowest BCUT2D eigenvalue weighted by Gasteiger charge is -2.11. The van der Waals surface area contributed by atoms with Crippen molar-refractivity contribution in [1.29, 1.82) is 0 Å². The third-order valence-electron chi connectivity index (χ3n) is 4.83. The van der Waals surface area contributed by atoms with Crippen molar-refractivity contribution in [2.45, 2.75) is 6.42 Å². The van der Waals surface area contributed by atoms with Gasteiger partial charge in [-0.25, -0.2) is 0 Å². The Morgan fingerprint density at radius 1 is 0.833 bits per heavy atom. The minimum absolute atomic E-state index is 0.224. The first-order valence-corrected chi connectivity index (χ1v) is 10.4. The highest BCUT2D eigenvalue weighted by Crippen LogP contribution is 2.28. The molecule has 0 atom stereocenters. The summed E-state index contributed by atoms with van der Waals surface area (Å²) in [5.74, 6) is -0.542. The highest BCUT2D eigenvalue weighted by molar-refractivity contribution is 9.10. The van der Waals surface area contributed by atoms with Crippen LogP contribution < -0.4 is 10.6 Å². The maximum Gasteiger partial charge on any atom is 0.273 e. The highest BCUT2D eigenvalue weighted by atomic mass is 79.9. The van der Waals surface area contributed by atoms with E-state index in [1.807, 2.05) is 54.6 Å². The first-order chi connectivity index (χ1) is 14.6. The number of hydrogen-bond acceptors (Lipinski definition) is 2. The van der Waals surface area contributed by atoms with Crippen LogP contribution >= 0.6 is 15.9 Å². The Kier molecular flexibility index (Phi) is 5.95. The molecule has 4 rings (SSSR count). The van der Waals surface area contributed by atoms with Crippen LogP contribution in [0.25, 0.3) is 10.9 Å². The monoisotopic (exact) mass is 461 g/mol. The molecule has 0 aliphatic heterocycles. The number of carbonyl (C=O) groups is 2. The van der Waals surface area contributed by atoms with Crippen molar-refractivity contribution in [2.24, 2.45) is 0 Å². The number of aromatic nitrogens is 1. The number of nitrogens with one attached hydrogen (secondary N) is 3. The van der Waals surface area contributed by atoms with E-state index in [0.717, 1.165) is 22.9 Å². The lowest BCUT2D eigenvalue weighted by atomic mass is 10.1. The van der Waals surface area contributed by atoms with E-state index in [1.54, 1.807) is 24.3 Å². The van der Waals surface area contributed by atoms with Crippen molar-refractivity contribution >= 4 is 44.3 Å². The van der Waals surface area contributed by atoms with Crippen molar-refractivity contribution in [3.05, 3.63) is 100 Å². The number of H-pyrrole nitrogens is 1. The summed E-state index contributed by atoms with van der Waals surface area (Å²) in [4.78, 5) is 28.7. The van der Waals surface area contributed by atoms with Crippen LogP contribution in [0.4, 0.5) is 5.69 Å². The van der Waals surface area contributed by atoms with Crippen LogP contribution in [0.1, 0.15) is 26.4 Å². The number of fused-ring (bicyclic) bond motifs is 1. The van der Waals surface area contributed by atoms with E-state index in [0.29, 0.717) is 28.0 Å². The SMILES string of the molecule is O=C(NCCc1ccccc1)c1ccccc1NC(=O)c1[nH]c2ccccc2c1Br. The van der Waals surface area contributed by atoms with Gasteiger partial charge in [-0.1, -0.05) is 60.7 Å². The standard InChI is InChI=1S/C24H20BrN3O2/c25-21-17-10-4-6-12-19(17)27-22(21)24(30)28-20-13-7-5-11-18(20)23(29)26-15-14-16-8-2-1-3-9-16/h1-13,27H,14-15H2,(H,26,29)(H,28,30). The summed E-state index contributed by atoms with van der Waals surface area (Å²) in [6.45, 7) is 0.513. The molecule has 30 heavy (non-hydrogen) atoms. The van der Waals surface area contributed by atoms with Crippen molar-refractivity contribution in [2.75, 3.05) is 11.9 Å². The van der Waals surface area contributed by atoms with Crippen molar-refractivity contribution in [3.63, 3.8) is 0 Å². The van der Waals surface area contributed by atoms with E-state index in [4.69, 9.17) is 0 Å². The molecule has 0 bridgehead atoms. The Morgan fingerprint density at radius 2 is 1.53 bits per heavy atom. The molecule has 4 aromatic rings. The fraction of sp³-hybridized carbons (Fsp3) is 0.0833. The van der Waals surface area contributed by atoms with Gasteiger partial charge in [0.15, 0.2) is 0 Å². The summed E-state index contributed by atoms with van der Waals surface area (Å²) in [7, 11) is 0. The van der Waals surface area contributed by atoms with Crippen LogP contribution in [0.5, 0.6) is 0 Å². The number of amides is 2. The number of aromatic amines is 1. The van der Waals surface area contributed by atoms with Gasteiger partial charge < -0.3 is 15.6 Å². The fourth-order valence-corrected chi connectivity index (χ4v) is 3.92. The maximum absolute atomic E-state index is 12.9. The quantitative estimate of drug-likeness (QED) is 0.371. The lowest BCUT2D eigenvalue weighted by Crippen LogP contribution is -2.27. The minimum atomic E-state index is -0.317. The Morgan fingerprint density at radius 3 is 2.33 bits per heavy atom. The summed E-state index contributed by atoms with van der Waals surface area (Å²) < 4.78 is 0.695. The van der Waals surface area contributed by atoms with Gasteiger partial charge in [-0.3, -0.25) is 9.59 Å². The van der Waals surface area contributed by atoms with E-state index in [-0.39, 0.29) is 11.8 Å². The molecule has 3 N–H and O–H groups in total. The molecule has 0 aliphatic rings. The van der Waals surface area contributed by atoms with Crippen molar-refractivity contribution < 1.29 is 9.59 Å². The lowest BCUT2D eigenvalue weighted by molar-refractivity contribution is 0.0955. The van der Waals surface area contributed by atoms with Gasteiger partial charge in [-0.2, -0.15) is 0 Å². The molecule has 1 aromatic heterocycles. The maximum atomic E-state index is 12.9. The molecule has 0 spiro atoms. The second-order valence-corrected chi connectivity index (χ2v) is 7.64. The van der Waals surface area contributed by atoms with Gasteiger partial charge in [-0.15, -0.1) is 0 Å². The second kappa shape index (κ2) is 8.97. The topological polar surface area (TPSA) is 74.0 Å². The zero-order chi connectivity index (χ0) is 20.9. The molecular formula is C24H20BrN3O2. The van der Waals surface area contributed by atoms with Crippen molar-refractivity contribution in [3.8, 4) is 0 Å². The van der Waals surface area contributed by atoms with Gasteiger partial charge in [0, 0.05) is 17.4 Å². The Bertz CT molecular complexity index is 1200. The first kappa shape index (κ1) is 19.9. The third-order valence-corrected chi connectivity index (χ3v) is 5.66. The van der Waals surface area contributed by atoms with E-state index in [1.165, 1.54) is 0 Å². The summed E-state index contributed by atoms with van der Waals surface area (Å²) in [5.41, 5.74) is 3.32. The largest absolute Gasteiger partial charge is 0.352 e. The number of anilines is 1. The van der Waals surface area contributed by atoms with Crippen LogP contribution in [0, 0.1) is 0 Å². The third kappa shape index (κ3) is 4.28. The molecule has 3 aromatic carbocycles. The van der Waals surface area contributed by atoms with E-state index >= 15 is 0 Å². The number of benzene rings is 3. The summed E-state index contributed by atoms with van der Waals surface area (Å²) >= 11 is 3.50. The number of rotatable bonds is 6. The molecule has 6 heteroatoms. The summed E-state index contributed by atoms with van der Waals surface area (Å²) in [5, 5.41) is 6.71. The molecule has 0 radical (unpaired) electrons. The Hall–Kier alpha value is -3.38. The fourth-order valence-electron chi connectivity index (χ4n) is 3.30. The number of carbonyl (C=O) groups excluding carboxylic acids is 2. The van der Waals surface area contributed by atoms with Crippen molar-refractivity contribution in [1.82, 2.24) is 10.3 Å². The van der Waals surface area contributed by atoms with E-state index in [2.05, 4.69) is 31.5 Å². The van der Waals surface area contributed by atoms with Crippen LogP contribution in [0.2, 0.25) is 0 Å². The van der Waals surface area contributed by atoms with Crippen LogP contribution in [0.15, 0.2) is 83.3 Å². The Balaban J connectivity index is 1.47. The summed E-state index contributed by atoms with van der Waals surface area (Å²) in [6, 6.07) is 24.6. The van der Waals surface area contributed by atoms with Gasteiger partial charge in [0.05, 0.1) is 15.7 Å². The zero-order valence-corrected chi connectivity index (χ0v) is 17.7. The molecule has 0 saturated heterocycles. The molecule has 150 valence electrons. The smallest absolute Gasteiger partial charge is 0.273 e. The van der Waals surface area contributed by atoms with Gasteiger partial charge >= 0.3 is 0 Å². The molecule has 0 fully saturated rings. The predicted molar refractivity (Wildman–Crippen MR) is 123 cm³/mol. The molecule has 5 nitrogen and oxygen atoms in total. The van der Waals surface area contributed by atoms with E-state index < -0.39 is 0 Å². The van der Waals surface area contributed by atoms with Crippen LogP contribution in [-0.4, -0.2) is 23.3 Å². The van der Waals surface area contributed by atoms with Crippen LogP contribution in [-0.2, 0) is 6.42 Å². The molecule has 2 amide bonds. The molecular weight excluding hydrogens is 442 g/mol. The number of halogens is 1. The van der Waals surface area contributed by atoms with Crippen LogP contribution in [0.3, 0.4) is 0 Å². The zero-order valence-electron chi connectivity index (χ0n) is 16.1. The molecule has 0 saturated carbocycles. The average molecular weight is 462 g/mol. The first-order valence-electron chi connectivity index (χ1n) is 9.62. The second-order valence-electron chi connectivity index (χ2n) is 6.85. The van der Waals surface area contributed by atoms with E-state index in [9.17, 15) is 9.59 Å². The molecule has 0 unspecified atom stereocenters. The van der Waals surface area contributed by atoms with Gasteiger partial charge in [-0.05, 0) is 46.1 Å². The molecule has 1 heterocycles. The van der Waals surface area contributed by atoms with Gasteiger partial charge in [0.2, 0.25) is 0 Å².